The van der Waals surface area contributed by atoms with E-state index in [2.05, 4.69) is 0 Å². The van der Waals surface area contributed by atoms with Crippen molar-refractivity contribution in [3.8, 4) is 5.75 Å². The summed E-state index contributed by atoms with van der Waals surface area (Å²) in [4.78, 5) is 0. The number of methoxy groups -OCH3 is 1. The van der Waals surface area contributed by atoms with Gasteiger partial charge >= 0.3 is 0 Å². The minimum atomic E-state index is 0. The van der Waals surface area contributed by atoms with Gasteiger partial charge in [0, 0.05) is 0 Å². The number of rotatable bonds is 3. The molecule has 0 aliphatic heterocycles. The first-order valence-corrected chi connectivity index (χ1v) is 3.88. The SMILES string of the molecule is COc1ccc(C=CC(=N)N)cc1.Cl. The highest BCUT2D eigenvalue weighted by Crippen LogP contribution is 2.11. The minimum absolute atomic E-state index is 0. The zero-order valence-electron chi connectivity index (χ0n) is 7.86. The first kappa shape index (κ1) is 12.5. The van der Waals surface area contributed by atoms with Crippen molar-refractivity contribution in [1.82, 2.24) is 0 Å². The molecule has 0 heterocycles. The molecular weight excluding hydrogens is 200 g/mol. The van der Waals surface area contributed by atoms with Gasteiger partial charge in [0.15, 0.2) is 0 Å². The van der Waals surface area contributed by atoms with E-state index in [0.717, 1.165) is 11.3 Å². The quantitative estimate of drug-likeness (QED) is 0.595. The molecule has 4 heteroatoms. The van der Waals surface area contributed by atoms with Crippen molar-refractivity contribution in [2.75, 3.05) is 7.11 Å². The number of hydrogen-bond acceptors (Lipinski definition) is 2. The van der Waals surface area contributed by atoms with Crippen LogP contribution in [0, 0.1) is 5.41 Å². The van der Waals surface area contributed by atoms with Crippen molar-refractivity contribution in [2.24, 2.45) is 5.73 Å². The lowest BCUT2D eigenvalue weighted by Gasteiger charge is -1.98. The van der Waals surface area contributed by atoms with E-state index in [-0.39, 0.29) is 18.2 Å². The summed E-state index contributed by atoms with van der Waals surface area (Å²) in [6.07, 6.45) is 3.32. The van der Waals surface area contributed by atoms with Gasteiger partial charge in [0.1, 0.15) is 11.6 Å². The van der Waals surface area contributed by atoms with E-state index in [4.69, 9.17) is 15.9 Å². The summed E-state index contributed by atoms with van der Waals surface area (Å²) in [5.74, 6) is 0.871. The molecular formula is C10H13ClN2O. The van der Waals surface area contributed by atoms with Crippen molar-refractivity contribution >= 4 is 24.3 Å². The summed E-state index contributed by atoms with van der Waals surface area (Å²) < 4.78 is 5.00. The Morgan fingerprint density at radius 3 is 2.36 bits per heavy atom. The standard InChI is InChI=1S/C10H12N2O.ClH/c1-13-9-5-2-8(3-6-9)4-7-10(11)12;/h2-7H,1H3,(H3,11,12);1H. The molecule has 76 valence electrons. The number of ether oxygens (including phenoxy) is 1. The van der Waals surface area contributed by atoms with Crippen LogP contribution in [-0.4, -0.2) is 12.9 Å². The molecule has 0 bridgehead atoms. The Morgan fingerprint density at radius 1 is 1.36 bits per heavy atom. The maximum atomic E-state index is 6.99. The second kappa shape index (κ2) is 6.05. The number of hydrogen-bond donors (Lipinski definition) is 2. The Morgan fingerprint density at radius 2 is 1.93 bits per heavy atom. The number of amidine groups is 1. The van der Waals surface area contributed by atoms with Crippen LogP contribution >= 0.6 is 12.4 Å². The van der Waals surface area contributed by atoms with Gasteiger partial charge in [0.2, 0.25) is 0 Å². The number of nitrogens with one attached hydrogen (secondary N) is 1. The summed E-state index contributed by atoms with van der Waals surface area (Å²) in [6, 6.07) is 7.52. The topological polar surface area (TPSA) is 59.1 Å². The van der Waals surface area contributed by atoms with Gasteiger partial charge in [-0.3, -0.25) is 5.41 Å². The fourth-order valence-electron chi connectivity index (χ4n) is 0.901. The smallest absolute Gasteiger partial charge is 0.118 e. The summed E-state index contributed by atoms with van der Waals surface area (Å²) >= 11 is 0. The molecule has 0 aromatic heterocycles. The normalized spacial score (nSPS) is 9.50. The van der Waals surface area contributed by atoms with Crippen molar-refractivity contribution in [3.05, 3.63) is 35.9 Å². The summed E-state index contributed by atoms with van der Waals surface area (Å²) in [5.41, 5.74) is 6.16. The highest BCUT2D eigenvalue weighted by Gasteiger charge is 1.89. The first-order chi connectivity index (χ1) is 6.22. The van der Waals surface area contributed by atoms with E-state index >= 15 is 0 Å². The predicted octanol–water partition coefficient (Wildman–Crippen LogP) is 2.07. The Kier molecular flexibility index (Phi) is 5.41. The van der Waals surface area contributed by atoms with Gasteiger partial charge in [-0.05, 0) is 23.8 Å². The zero-order valence-corrected chi connectivity index (χ0v) is 8.67. The van der Waals surface area contributed by atoms with Crippen LogP contribution in [0.15, 0.2) is 30.3 Å². The number of halogens is 1. The Hall–Kier alpha value is -1.48. The number of benzene rings is 1. The molecule has 0 saturated heterocycles. The summed E-state index contributed by atoms with van der Waals surface area (Å²) in [6.45, 7) is 0. The molecule has 1 rings (SSSR count). The van der Waals surface area contributed by atoms with Crippen LogP contribution in [0.25, 0.3) is 6.08 Å². The summed E-state index contributed by atoms with van der Waals surface area (Å²) in [5, 5.41) is 6.99. The van der Waals surface area contributed by atoms with Crippen LogP contribution in [0.3, 0.4) is 0 Å². The van der Waals surface area contributed by atoms with Gasteiger partial charge in [-0.25, -0.2) is 0 Å². The lowest BCUT2D eigenvalue weighted by Crippen LogP contribution is -2.03. The average Bonchev–Trinajstić information content (AvgIpc) is 2.15. The lowest BCUT2D eigenvalue weighted by atomic mass is 10.2. The monoisotopic (exact) mass is 212 g/mol. The van der Waals surface area contributed by atoms with E-state index in [1.165, 1.54) is 0 Å². The Bertz CT molecular complexity index is 319. The highest BCUT2D eigenvalue weighted by atomic mass is 35.5. The average molecular weight is 213 g/mol. The second-order valence-electron chi connectivity index (χ2n) is 2.56. The molecule has 14 heavy (non-hydrogen) atoms. The van der Waals surface area contributed by atoms with Crippen LogP contribution in [0.1, 0.15) is 5.56 Å². The van der Waals surface area contributed by atoms with Gasteiger partial charge in [-0.2, -0.15) is 0 Å². The van der Waals surface area contributed by atoms with E-state index < -0.39 is 0 Å². The van der Waals surface area contributed by atoms with Crippen LogP contribution in [0.2, 0.25) is 0 Å². The molecule has 1 aromatic carbocycles. The molecule has 0 radical (unpaired) electrons. The van der Waals surface area contributed by atoms with Crippen molar-refractivity contribution in [3.63, 3.8) is 0 Å². The lowest BCUT2D eigenvalue weighted by molar-refractivity contribution is 0.415. The largest absolute Gasteiger partial charge is 0.497 e. The van der Waals surface area contributed by atoms with Crippen LogP contribution in [0.5, 0.6) is 5.75 Å². The molecule has 3 N–H and O–H groups in total. The van der Waals surface area contributed by atoms with Gasteiger partial charge < -0.3 is 10.5 Å². The van der Waals surface area contributed by atoms with E-state index in [0.29, 0.717) is 0 Å². The molecule has 0 fully saturated rings. The Labute approximate surface area is 89.5 Å². The molecule has 0 unspecified atom stereocenters. The first-order valence-electron chi connectivity index (χ1n) is 3.88. The van der Waals surface area contributed by atoms with Gasteiger partial charge in [-0.15, -0.1) is 12.4 Å². The van der Waals surface area contributed by atoms with E-state index in [1.54, 1.807) is 19.3 Å². The second-order valence-corrected chi connectivity index (χ2v) is 2.56. The minimum Gasteiger partial charge on any atom is -0.497 e. The van der Waals surface area contributed by atoms with Crippen LogP contribution in [-0.2, 0) is 0 Å². The fourth-order valence-corrected chi connectivity index (χ4v) is 0.901. The van der Waals surface area contributed by atoms with E-state index in [1.807, 2.05) is 24.3 Å². The van der Waals surface area contributed by atoms with Crippen LogP contribution < -0.4 is 10.5 Å². The van der Waals surface area contributed by atoms with Gasteiger partial charge in [0.05, 0.1) is 7.11 Å². The van der Waals surface area contributed by atoms with Crippen molar-refractivity contribution in [2.45, 2.75) is 0 Å². The maximum Gasteiger partial charge on any atom is 0.118 e. The summed E-state index contributed by atoms with van der Waals surface area (Å²) in [7, 11) is 1.63. The molecule has 1 aromatic rings. The molecule has 0 aliphatic rings. The third-order valence-electron chi connectivity index (χ3n) is 1.57. The predicted molar refractivity (Wildman–Crippen MR) is 61.2 cm³/mol. The van der Waals surface area contributed by atoms with E-state index in [9.17, 15) is 0 Å². The third kappa shape index (κ3) is 3.96. The molecule has 0 amide bonds. The van der Waals surface area contributed by atoms with Crippen molar-refractivity contribution in [1.29, 1.82) is 5.41 Å². The fraction of sp³-hybridized carbons (Fsp3) is 0.100. The maximum absolute atomic E-state index is 6.99. The molecule has 0 spiro atoms. The highest BCUT2D eigenvalue weighted by molar-refractivity contribution is 5.92. The van der Waals surface area contributed by atoms with Gasteiger partial charge in [0.25, 0.3) is 0 Å². The molecule has 0 saturated carbocycles. The van der Waals surface area contributed by atoms with Crippen LogP contribution in [0.4, 0.5) is 0 Å². The molecule has 0 atom stereocenters. The third-order valence-corrected chi connectivity index (χ3v) is 1.57. The van der Waals surface area contributed by atoms with Gasteiger partial charge in [-0.1, -0.05) is 18.2 Å². The molecule has 3 nitrogen and oxygen atoms in total. The zero-order chi connectivity index (χ0) is 9.68. The molecule has 0 aliphatic carbocycles. The van der Waals surface area contributed by atoms with Crippen molar-refractivity contribution < 1.29 is 4.74 Å². The number of nitrogens with two attached hydrogens (primary N) is 1. The Balaban J connectivity index is 0.00000169.